The summed E-state index contributed by atoms with van der Waals surface area (Å²) in [6.45, 7) is 0. The Balaban J connectivity index is 3.30. The standard InChI is InChI=1S/C10H16ClN3O2/c1-14(2)9-8(12)7(6(11)5-13-9)10(15-3)16-4/h5,10H,12H2,1-4H3. The maximum atomic E-state index is 6.04. The van der Waals surface area contributed by atoms with E-state index in [4.69, 9.17) is 26.8 Å². The Morgan fingerprint density at radius 3 is 2.38 bits per heavy atom. The number of nitrogen functional groups attached to an aromatic ring is 1. The lowest BCUT2D eigenvalue weighted by molar-refractivity contribution is -0.105. The molecule has 1 aromatic rings. The van der Waals surface area contributed by atoms with Gasteiger partial charge in [0, 0.05) is 34.5 Å². The molecule has 0 bridgehead atoms. The van der Waals surface area contributed by atoms with Crippen LogP contribution in [0.3, 0.4) is 0 Å². The Morgan fingerprint density at radius 2 is 1.94 bits per heavy atom. The minimum absolute atomic E-state index is 0.428. The van der Waals surface area contributed by atoms with Crippen molar-refractivity contribution < 1.29 is 9.47 Å². The minimum atomic E-state index is -0.589. The van der Waals surface area contributed by atoms with Crippen LogP contribution in [0.4, 0.5) is 11.5 Å². The molecule has 0 aliphatic rings. The van der Waals surface area contributed by atoms with Crippen LogP contribution in [0.15, 0.2) is 6.20 Å². The third-order valence-corrected chi connectivity index (χ3v) is 2.48. The van der Waals surface area contributed by atoms with Gasteiger partial charge in [0.05, 0.1) is 16.3 Å². The van der Waals surface area contributed by atoms with Gasteiger partial charge in [-0.05, 0) is 0 Å². The van der Waals surface area contributed by atoms with E-state index >= 15 is 0 Å². The van der Waals surface area contributed by atoms with Crippen LogP contribution in [0.25, 0.3) is 0 Å². The van der Waals surface area contributed by atoms with Gasteiger partial charge in [0.1, 0.15) is 0 Å². The summed E-state index contributed by atoms with van der Waals surface area (Å²) in [6.07, 6.45) is 0.947. The molecular weight excluding hydrogens is 230 g/mol. The molecule has 16 heavy (non-hydrogen) atoms. The van der Waals surface area contributed by atoms with E-state index in [1.54, 1.807) is 4.90 Å². The lowest BCUT2D eigenvalue weighted by Crippen LogP contribution is -2.16. The highest BCUT2D eigenvalue weighted by Crippen LogP contribution is 2.35. The van der Waals surface area contributed by atoms with E-state index in [-0.39, 0.29) is 0 Å². The molecule has 1 aromatic heterocycles. The molecular formula is C10H16ClN3O2. The van der Waals surface area contributed by atoms with E-state index in [1.165, 1.54) is 20.4 Å². The third kappa shape index (κ3) is 2.37. The van der Waals surface area contributed by atoms with Gasteiger partial charge in [-0.15, -0.1) is 0 Å². The van der Waals surface area contributed by atoms with Crippen molar-refractivity contribution >= 4 is 23.1 Å². The SMILES string of the molecule is COC(OC)c1c(Cl)cnc(N(C)C)c1N. The molecule has 0 fully saturated rings. The topological polar surface area (TPSA) is 60.6 Å². The predicted octanol–water partition coefficient (Wildman–Crippen LogP) is 1.67. The zero-order valence-electron chi connectivity index (χ0n) is 9.82. The average Bonchev–Trinajstić information content (AvgIpc) is 2.23. The normalized spacial score (nSPS) is 10.9. The van der Waals surface area contributed by atoms with E-state index in [9.17, 15) is 0 Å². The zero-order chi connectivity index (χ0) is 12.3. The Morgan fingerprint density at radius 1 is 1.38 bits per heavy atom. The molecule has 0 saturated carbocycles. The van der Waals surface area contributed by atoms with Gasteiger partial charge in [-0.2, -0.15) is 0 Å². The van der Waals surface area contributed by atoms with Gasteiger partial charge in [-0.1, -0.05) is 11.6 Å². The Labute approximate surface area is 100 Å². The Kier molecular flexibility index (Phi) is 4.35. The number of pyridine rings is 1. The average molecular weight is 246 g/mol. The molecule has 0 aliphatic heterocycles. The van der Waals surface area contributed by atoms with Crippen LogP contribution in [0, 0.1) is 0 Å². The number of rotatable bonds is 4. The van der Waals surface area contributed by atoms with Crippen LogP contribution in [-0.2, 0) is 9.47 Å². The first kappa shape index (κ1) is 13.0. The number of hydrogen-bond donors (Lipinski definition) is 1. The first-order valence-electron chi connectivity index (χ1n) is 4.69. The second kappa shape index (κ2) is 5.34. The number of aromatic nitrogens is 1. The minimum Gasteiger partial charge on any atom is -0.395 e. The highest BCUT2D eigenvalue weighted by Gasteiger charge is 2.20. The highest BCUT2D eigenvalue weighted by molar-refractivity contribution is 6.31. The fourth-order valence-electron chi connectivity index (χ4n) is 1.43. The predicted molar refractivity (Wildman–Crippen MR) is 64.7 cm³/mol. The molecule has 5 nitrogen and oxygen atoms in total. The van der Waals surface area contributed by atoms with Crippen LogP contribution in [0.2, 0.25) is 5.02 Å². The molecule has 1 heterocycles. The zero-order valence-corrected chi connectivity index (χ0v) is 10.6. The van der Waals surface area contributed by atoms with Crippen molar-refractivity contribution in [3.8, 4) is 0 Å². The first-order valence-corrected chi connectivity index (χ1v) is 5.07. The number of nitrogens with two attached hydrogens (primary N) is 1. The lowest BCUT2D eigenvalue weighted by atomic mass is 10.2. The molecule has 1 rings (SSSR count). The molecule has 0 amide bonds. The molecule has 0 spiro atoms. The number of hydrogen-bond acceptors (Lipinski definition) is 5. The summed E-state index contributed by atoms with van der Waals surface area (Å²) in [4.78, 5) is 5.95. The van der Waals surface area contributed by atoms with Gasteiger partial charge in [0.2, 0.25) is 0 Å². The van der Waals surface area contributed by atoms with E-state index in [2.05, 4.69) is 4.98 Å². The fraction of sp³-hybridized carbons (Fsp3) is 0.500. The number of methoxy groups -OCH3 is 2. The van der Waals surface area contributed by atoms with Crippen LogP contribution in [0.5, 0.6) is 0 Å². The summed E-state index contributed by atoms with van der Waals surface area (Å²) in [5.41, 5.74) is 7.05. The van der Waals surface area contributed by atoms with Crippen LogP contribution < -0.4 is 10.6 Å². The van der Waals surface area contributed by atoms with E-state index in [0.717, 1.165) is 0 Å². The molecule has 0 saturated heterocycles. The largest absolute Gasteiger partial charge is 0.395 e. The van der Waals surface area contributed by atoms with Crippen molar-refractivity contribution in [2.75, 3.05) is 38.9 Å². The van der Waals surface area contributed by atoms with E-state index < -0.39 is 6.29 Å². The maximum Gasteiger partial charge on any atom is 0.186 e. The third-order valence-electron chi connectivity index (χ3n) is 2.18. The summed E-state index contributed by atoms with van der Waals surface area (Å²) in [5.74, 6) is 0.638. The van der Waals surface area contributed by atoms with Gasteiger partial charge < -0.3 is 20.1 Å². The van der Waals surface area contributed by atoms with E-state index in [0.29, 0.717) is 22.1 Å². The fourth-order valence-corrected chi connectivity index (χ4v) is 1.67. The van der Waals surface area contributed by atoms with Gasteiger partial charge >= 0.3 is 0 Å². The van der Waals surface area contributed by atoms with Gasteiger partial charge in [0.15, 0.2) is 12.1 Å². The van der Waals surface area contributed by atoms with Crippen molar-refractivity contribution in [3.63, 3.8) is 0 Å². The Hall–Kier alpha value is -1.04. The molecule has 0 radical (unpaired) electrons. The number of nitrogens with zero attached hydrogens (tertiary/aromatic N) is 2. The maximum absolute atomic E-state index is 6.04. The second-order valence-electron chi connectivity index (χ2n) is 3.45. The summed E-state index contributed by atoms with van der Waals surface area (Å²) in [5, 5.41) is 0.428. The van der Waals surface area contributed by atoms with Gasteiger partial charge in [-0.25, -0.2) is 4.98 Å². The summed E-state index contributed by atoms with van der Waals surface area (Å²) in [6, 6.07) is 0. The summed E-state index contributed by atoms with van der Waals surface area (Å²) >= 11 is 6.04. The summed E-state index contributed by atoms with van der Waals surface area (Å²) in [7, 11) is 6.76. The number of halogens is 1. The molecule has 0 unspecified atom stereocenters. The molecule has 0 aromatic carbocycles. The molecule has 6 heteroatoms. The highest BCUT2D eigenvalue weighted by atomic mass is 35.5. The van der Waals surface area contributed by atoms with Crippen molar-refractivity contribution in [3.05, 3.63) is 16.8 Å². The quantitative estimate of drug-likeness (QED) is 0.818. The summed E-state index contributed by atoms with van der Waals surface area (Å²) < 4.78 is 10.3. The van der Waals surface area contributed by atoms with Crippen molar-refractivity contribution in [1.82, 2.24) is 4.98 Å². The lowest BCUT2D eigenvalue weighted by Gasteiger charge is -2.21. The monoisotopic (exact) mass is 245 g/mol. The van der Waals surface area contributed by atoms with Crippen LogP contribution >= 0.6 is 11.6 Å². The molecule has 0 atom stereocenters. The van der Waals surface area contributed by atoms with Crippen molar-refractivity contribution in [2.45, 2.75) is 6.29 Å². The van der Waals surface area contributed by atoms with Gasteiger partial charge in [-0.3, -0.25) is 0 Å². The van der Waals surface area contributed by atoms with E-state index in [1.807, 2.05) is 14.1 Å². The number of ether oxygens (including phenoxy) is 2. The first-order chi connectivity index (χ1) is 7.52. The van der Waals surface area contributed by atoms with Crippen molar-refractivity contribution in [1.29, 1.82) is 0 Å². The van der Waals surface area contributed by atoms with Crippen molar-refractivity contribution in [2.24, 2.45) is 0 Å². The number of anilines is 2. The van der Waals surface area contributed by atoms with Crippen LogP contribution in [0.1, 0.15) is 11.9 Å². The molecule has 90 valence electrons. The molecule has 2 N–H and O–H groups in total. The van der Waals surface area contributed by atoms with Crippen LogP contribution in [-0.4, -0.2) is 33.3 Å². The second-order valence-corrected chi connectivity index (χ2v) is 3.86. The van der Waals surface area contributed by atoms with Gasteiger partial charge in [0.25, 0.3) is 0 Å². The molecule has 0 aliphatic carbocycles. The smallest absolute Gasteiger partial charge is 0.186 e. The Bertz CT molecular complexity index is 367.